The summed E-state index contributed by atoms with van der Waals surface area (Å²) in [6.07, 6.45) is 5.82. The quantitative estimate of drug-likeness (QED) is 0.460. The SMILES string of the molecule is CCCCC[C@H](NC(=O)CCCN1C(=O)C=CC1=O)C(=O)O. The van der Waals surface area contributed by atoms with Crippen molar-refractivity contribution in [3.63, 3.8) is 0 Å². The van der Waals surface area contributed by atoms with Crippen LogP contribution in [0.15, 0.2) is 12.2 Å². The second-order valence-corrected chi connectivity index (χ2v) is 5.22. The Labute approximate surface area is 129 Å². The maximum atomic E-state index is 11.7. The van der Waals surface area contributed by atoms with E-state index < -0.39 is 12.0 Å². The van der Waals surface area contributed by atoms with Gasteiger partial charge in [0.15, 0.2) is 0 Å². The van der Waals surface area contributed by atoms with Gasteiger partial charge < -0.3 is 10.4 Å². The zero-order valence-electron chi connectivity index (χ0n) is 12.7. The van der Waals surface area contributed by atoms with E-state index in [1.165, 1.54) is 12.2 Å². The molecule has 1 rings (SSSR count). The molecule has 0 aromatic rings. The molecule has 0 fully saturated rings. The Kier molecular flexibility index (Phi) is 7.28. The highest BCUT2D eigenvalue weighted by Crippen LogP contribution is 2.07. The lowest BCUT2D eigenvalue weighted by Crippen LogP contribution is -2.41. The summed E-state index contributed by atoms with van der Waals surface area (Å²) in [5.41, 5.74) is 0. The van der Waals surface area contributed by atoms with Crippen molar-refractivity contribution < 1.29 is 24.3 Å². The number of nitrogens with zero attached hydrogens (tertiary/aromatic N) is 1. The zero-order chi connectivity index (χ0) is 16.5. The molecule has 0 spiro atoms. The second-order valence-electron chi connectivity index (χ2n) is 5.22. The van der Waals surface area contributed by atoms with Gasteiger partial charge in [-0.1, -0.05) is 26.2 Å². The van der Waals surface area contributed by atoms with Crippen molar-refractivity contribution in [2.24, 2.45) is 0 Å². The van der Waals surface area contributed by atoms with Gasteiger partial charge in [-0.15, -0.1) is 0 Å². The normalized spacial score (nSPS) is 15.2. The Balaban J connectivity index is 2.30. The van der Waals surface area contributed by atoms with Gasteiger partial charge in [-0.05, 0) is 12.8 Å². The van der Waals surface area contributed by atoms with Crippen LogP contribution in [-0.4, -0.2) is 46.3 Å². The van der Waals surface area contributed by atoms with Crippen LogP contribution in [0, 0.1) is 0 Å². The van der Waals surface area contributed by atoms with Gasteiger partial charge in [0.2, 0.25) is 5.91 Å². The summed E-state index contributed by atoms with van der Waals surface area (Å²) in [7, 11) is 0. The maximum Gasteiger partial charge on any atom is 0.326 e. The number of rotatable bonds is 10. The minimum absolute atomic E-state index is 0.0780. The monoisotopic (exact) mass is 310 g/mol. The highest BCUT2D eigenvalue weighted by atomic mass is 16.4. The molecule has 1 aliphatic heterocycles. The van der Waals surface area contributed by atoms with Gasteiger partial charge in [-0.3, -0.25) is 19.3 Å². The van der Waals surface area contributed by atoms with Crippen molar-refractivity contribution in [1.82, 2.24) is 10.2 Å². The van der Waals surface area contributed by atoms with Gasteiger partial charge in [0.25, 0.3) is 11.8 Å². The molecule has 7 nitrogen and oxygen atoms in total. The summed E-state index contributed by atoms with van der Waals surface area (Å²) < 4.78 is 0. The van der Waals surface area contributed by atoms with Gasteiger partial charge in [0, 0.05) is 25.1 Å². The number of carboxylic acids is 1. The molecule has 0 aliphatic carbocycles. The van der Waals surface area contributed by atoms with Crippen LogP contribution in [0.4, 0.5) is 0 Å². The molecule has 0 bridgehead atoms. The van der Waals surface area contributed by atoms with Gasteiger partial charge in [-0.25, -0.2) is 4.79 Å². The van der Waals surface area contributed by atoms with E-state index in [-0.39, 0.29) is 30.7 Å². The molecule has 22 heavy (non-hydrogen) atoms. The van der Waals surface area contributed by atoms with Crippen LogP contribution in [0.1, 0.15) is 45.4 Å². The van der Waals surface area contributed by atoms with Crippen LogP contribution in [0.5, 0.6) is 0 Å². The van der Waals surface area contributed by atoms with E-state index in [1.807, 2.05) is 6.92 Å². The first-order chi connectivity index (χ1) is 10.5. The Morgan fingerprint density at radius 3 is 2.36 bits per heavy atom. The fraction of sp³-hybridized carbons (Fsp3) is 0.600. The highest BCUT2D eigenvalue weighted by Gasteiger charge is 2.23. The fourth-order valence-electron chi connectivity index (χ4n) is 2.17. The Hall–Kier alpha value is -2.18. The second kappa shape index (κ2) is 8.96. The molecule has 122 valence electrons. The average Bonchev–Trinajstić information content (AvgIpc) is 2.78. The molecule has 1 atom stereocenters. The Bertz CT molecular complexity index is 455. The molecule has 0 saturated heterocycles. The first-order valence-electron chi connectivity index (χ1n) is 7.51. The molecule has 0 aromatic heterocycles. The number of amides is 3. The van der Waals surface area contributed by atoms with E-state index in [1.54, 1.807) is 0 Å². The molecule has 1 heterocycles. The third-order valence-electron chi connectivity index (χ3n) is 3.42. The molecule has 2 N–H and O–H groups in total. The Morgan fingerprint density at radius 1 is 1.18 bits per heavy atom. The number of carboxylic acid groups (broad SMARTS) is 1. The van der Waals surface area contributed by atoms with E-state index in [9.17, 15) is 19.2 Å². The number of aliphatic carboxylic acids is 1. The van der Waals surface area contributed by atoms with Crippen LogP contribution in [0.2, 0.25) is 0 Å². The maximum absolute atomic E-state index is 11.7. The molecule has 1 aliphatic rings. The topological polar surface area (TPSA) is 104 Å². The first-order valence-corrected chi connectivity index (χ1v) is 7.51. The number of carbonyl (C=O) groups excluding carboxylic acids is 3. The largest absolute Gasteiger partial charge is 0.480 e. The standard InChI is InChI=1S/C15H22N2O5/c1-2-3-4-6-11(15(21)22)16-12(18)7-5-10-17-13(19)8-9-14(17)20/h8-9,11H,2-7,10H2,1H3,(H,16,18)(H,21,22)/t11-/m0/s1. The highest BCUT2D eigenvalue weighted by molar-refractivity contribution is 6.12. The van der Waals surface area contributed by atoms with Crippen molar-refractivity contribution in [2.45, 2.75) is 51.5 Å². The Morgan fingerprint density at radius 2 is 1.82 bits per heavy atom. The number of nitrogens with one attached hydrogen (secondary N) is 1. The minimum atomic E-state index is -1.04. The van der Waals surface area contributed by atoms with Crippen LogP contribution in [-0.2, 0) is 19.2 Å². The van der Waals surface area contributed by atoms with Crippen LogP contribution >= 0.6 is 0 Å². The van der Waals surface area contributed by atoms with Gasteiger partial charge in [0.1, 0.15) is 6.04 Å². The molecular weight excluding hydrogens is 288 g/mol. The van der Waals surface area contributed by atoms with Crippen molar-refractivity contribution in [3.05, 3.63) is 12.2 Å². The molecule has 0 aromatic carbocycles. The summed E-state index contributed by atoms with van der Waals surface area (Å²) >= 11 is 0. The number of imide groups is 1. The number of hydrogen-bond acceptors (Lipinski definition) is 4. The van der Waals surface area contributed by atoms with Crippen molar-refractivity contribution in [1.29, 1.82) is 0 Å². The molecule has 0 unspecified atom stereocenters. The molecular formula is C15H22N2O5. The van der Waals surface area contributed by atoms with Crippen LogP contribution in [0.3, 0.4) is 0 Å². The van der Waals surface area contributed by atoms with E-state index in [2.05, 4.69) is 5.32 Å². The van der Waals surface area contributed by atoms with Crippen LogP contribution < -0.4 is 5.32 Å². The van der Waals surface area contributed by atoms with E-state index in [0.717, 1.165) is 24.2 Å². The van der Waals surface area contributed by atoms with E-state index >= 15 is 0 Å². The van der Waals surface area contributed by atoms with Gasteiger partial charge in [-0.2, -0.15) is 0 Å². The van der Waals surface area contributed by atoms with Crippen molar-refractivity contribution in [3.8, 4) is 0 Å². The predicted molar refractivity (Wildman–Crippen MR) is 78.8 cm³/mol. The number of carbonyl (C=O) groups is 4. The van der Waals surface area contributed by atoms with E-state index in [0.29, 0.717) is 12.8 Å². The summed E-state index contributed by atoms with van der Waals surface area (Å²) in [5.74, 6) is -2.18. The number of hydrogen-bond donors (Lipinski definition) is 2. The molecule has 0 radical (unpaired) electrons. The summed E-state index contributed by atoms with van der Waals surface area (Å²) in [5, 5.41) is 11.5. The third-order valence-corrected chi connectivity index (χ3v) is 3.42. The summed E-state index contributed by atoms with van der Waals surface area (Å²) in [6, 6.07) is -0.879. The van der Waals surface area contributed by atoms with Gasteiger partial charge >= 0.3 is 5.97 Å². The van der Waals surface area contributed by atoms with Crippen molar-refractivity contribution >= 4 is 23.7 Å². The van der Waals surface area contributed by atoms with Crippen LogP contribution in [0.25, 0.3) is 0 Å². The fourth-order valence-corrected chi connectivity index (χ4v) is 2.17. The molecule has 7 heteroatoms. The van der Waals surface area contributed by atoms with E-state index in [4.69, 9.17) is 5.11 Å². The summed E-state index contributed by atoms with van der Waals surface area (Å²) in [4.78, 5) is 46.5. The average molecular weight is 310 g/mol. The smallest absolute Gasteiger partial charge is 0.326 e. The third kappa shape index (κ3) is 5.67. The molecule has 0 saturated carbocycles. The summed E-state index contributed by atoms with van der Waals surface area (Å²) in [6.45, 7) is 2.18. The van der Waals surface area contributed by atoms with Crippen molar-refractivity contribution in [2.75, 3.05) is 6.54 Å². The first kappa shape index (κ1) is 17.9. The zero-order valence-corrected chi connectivity index (χ0v) is 12.7. The minimum Gasteiger partial charge on any atom is -0.480 e. The predicted octanol–water partition coefficient (Wildman–Crippen LogP) is 0.841. The number of unbranched alkanes of at least 4 members (excludes halogenated alkanes) is 2. The lowest BCUT2D eigenvalue weighted by molar-refractivity contribution is -0.142. The lowest BCUT2D eigenvalue weighted by Gasteiger charge is -2.16. The van der Waals surface area contributed by atoms with Gasteiger partial charge in [0.05, 0.1) is 0 Å². The molecule has 3 amide bonds. The lowest BCUT2D eigenvalue weighted by atomic mass is 10.1.